The number of aromatic nitrogens is 2. The van der Waals surface area contributed by atoms with Gasteiger partial charge in [0, 0.05) is 15.5 Å². The summed E-state index contributed by atoms with van der Waals surface area (Å²) in [5, 5.41) is 1.11. The molecule has 0 bridgehead atoms. The molecule has 0 amide bonds. The van der Waals surface area contributed by atoms with Crippen LogP contribution >= 0.6 is 22.9 Å². The highest BCUT2D eigenvalue weighted by molar-refractivity contribution is 7.18. The molecule has 2 heterocycles. The predicted octanol–water partition coefficient (Wildman–Crippen LogP) is 4.64. The first-order valence-corrected chi connectivity index (χ1v) is 9.98. The van der Waals surface area contributed by atoms with Gasteiger partial charge in [0.2, 0.25) is 0 Å². The fraction of sp³-hybridized carbons (Fsp3) is 0.350. The Balaban J connectivity index is 2.36. The number of carbonyl (C=O) groups excluding carboxylic acids is 1. The van der Waals surface area contributed by atoms with Crippen molar-refractivity contribution in [3.63, 3.8) is 0 Å². The van der Waals surface area contributed by atoms with Crippen molar-refractivity contribution in [2.45, 2.75) is 39.7 Å². The minimum Gasteiger partial charge on any atom is -0.464 e. The van der Waals surface area contributed by atoms with Gasteiger partial charge in [0.25, 0.3) is 5.56 Å². The molecule has 27 heavy (non-hydrogen) atoms. The Bertz CT molecular complexity index is 1050. The first kappa shape index (κ1) is 19.6. The third-order valence-electron chi connectivity index (χ3n) is 4.40. The van der Waals surface area contributed by atoms with E-state index in [0.717, 1.165) is 11.3 Å². The Morgan fingerprint density at radius 1 is 1.26 bits per heavy atom. The Morgan fingerprint density at radius 3 is 2.52 bits per heavy atom. The number of carbonyl (C=O) groups is 1. The van der Waals surface area contributed by atoms with Crippen LogP contribution in [-0.4, -0.2) is 22.1 Å². The fourth-order valence-electron chi connectivity index (χ4n) is 2.91. The van der Waals surface area contributed by atoms with Crippen LogP contribution in [0.15, 0.2) is 35.1 Å². The number of halogens is 1. The van der Waals surface area contributed by atoms with Gasteiger partial charge in [-0.25, -0.2) is 9.78 Å². The predicted molar refractivity (Wildman–Crippen MR) is 110 cm³/mol. The van der Waals surface area contributed by atoms with Crippen LogP contribution in [0.1, 0.15) is 32.6 Å². The van der Waals surface area contributed by atoms with Crippen molar-refractivity contribution in [3.8, 4) is 11.4 Å². The lowest BCUT2D eigenvalue weighted by Crippen LogP contribution is -2.45. The molecule has 3 aromatic rings. The van der Waals surface area contributed by atoms with E-state index in [1.165, 1.54) is 15.9 Å². The third kappa shape index (κ3) is 3.51. The number of thiophene rings is 1. The molecule has 0 spiro atoms. The Kier molecular flexibility index (Phi) is 5.40. The lowest BCUT2D eigenvalue weighted by molar-refractivity contribution is -0.152. The third-order valence-corrected chi connectivity index (χ3v) is 5.83. The maximum atomic E-state index is 13.4. The summed E-state index contributed by atoms with van der Waals surface area (Å²) in [6.45, 7) is 7.36. The number of rotatable bonds is 5. The van der Waals surface area contributed by atoms with E-state index in [0.29, 0.717) is 26.6 Å². The van der Waals surface area contributed by atoms with Crippen LogP contribution in [0.3, 0.4) is 0 Å². The van der Waals surface area contributed by atoms with Gasteiger partial charge in [0.1, 0.15) is 16.2 Å². The largest absolute Gasteiger partial charge is 0.464 e. The van der Waals surface area contributed by atoms with Crippen LogP contribution < -0.4 is 5.56 Å². The molecule has 0 fully saturated rings. The summed E-state index contributed by atoms with van der Waals surface area (Å²) in [6, 6.07) is 8.92. The molecule has 7 heteroatoms. The van der Waals surface area contributed by atoms with E-state index < -0.39 is 11.5 Å². The number of benzene rings is 1. The molecule has 1 aromatic carbocycles. The van der Waals surface area contributed by atoms with Gasteiger partial charge in [-0.3, -0.25) is 9.36 Å². The maximum Gasteiger partial charge on any atom is 0.331 e. The minimum absolute atomic E-state index is 0.237. The Morgan fingerprint density at radius 2 is 1.93 bits per heavy atom. The van der Waals surface area contributed by atoms with Gasteiger partial charge in [-0.2, -0.15) is 0 Å². The van der Waals surface area contributed by atoms with Crippen molar-refractivity contribution in [1.82, 2.24) is 9.55 Å². The highest BCUT2D eigenvalue weighted by Gasteiger charge is 2.36. The molecular formula is C20H21ClN2O3S. The van der Waals surface area contributed by atoms with Crippen molar-refractivity contribution < 1.29 is 9.53 Å². The van der Waals surface area contributed by atoms with Gasteiger partial charge in [0.15, 0.2) is 0 Å². The van der Waals surface area contributed by atoms with Gasteiger partial charge < -0.3 is 4.74 Å². The van der Waals surface area contributed by atoms with E-state index >= 15 is 0 Å². The Labute approximate surface area is 166 Å². The number of ether oxygens (including phenoxy) is 1. The molecular weight excluding hydrogens is 384 g/mol. The fourth-order valence-corrected chi connectivity index (χ4v) is 4.00. The molecule has 0 unspecified atom stereocenters. The average Bonchev–Trinajstić information content (AvgIpc) is 3.06. The van der Waals surface area contributed by atoms with Crippen LogP contribution in [0.25, 0.3) is 21.6 Å². The highest BCUT2D eigenvalue weighted by Crippen LogP contribution is 2.30. The first-order valence-electron chi connectivity index (χ1n) is 8.78. The van der Waals surface area contributed by atoms with Crippen molar-refractivity contribution in [3.05, 3.63) is 50.6 Å². The zero-order valence-corrected chi connectivity index (χ0v) is 17.3. The normalized spacial score (nSPS) is 11.7. The minimum atomic E-state index is -1.21. The maximum absolute atomic E-state index is 13.4. The second-order valence-electron chi connectivity index (χ2n) is 6.65. The van der Waals surface area contributed by atoms with E-state index in [9.17, 15) is 9.59 Å². The van der Waals surface area contributed by atoms with Gasteiger partial charge in [-0.1, -0.05) is 18.5 Å². The zero-order valence-electron chi connectivity index (χ0n) is 15.7. The van der Waals surface area contributed by atoms with Gasteiger partial charge >= 0.3 is 5.97 Å². The monoisotopic (exact) mass is 404 g/mol. The number of hydrogen-bond acceptors (Lipinski definition) is 5. The number of fused-ring (bicyclic) bond motifs is 1. The molecule has 0 aliphatic heterocycles. The molecule has 0 atom stereocenters. The number of hydrogen-bond donors (Lipinski definition) is 0. The van der Waals surface area contributed by atoms with Crippen LogP contribution in [0.5, 0.6) is 0 Å². The van der Waals surface area contributed by atoms with Gasteiger partial charge in [-0.05, 0) is 57.5 Å². The first-order chi connectivity index (χ1) is 12.8. The Hall–Kier alpha value is -2.18. The van der Waals surface area contributed by atoms with E-state index in [-0.39, 0.29) is 12.2 Å². The molecule has 0 saturated carbocycles. The summed E-state index contributed by atoms with van der Waals surface area (Å²) in [4.78, 5) is 32.5. The second kappa shape index (κ2) is 7.44. The average molecular weight is 405 g/mol. The molecule has 2 aromatic heterocycles. The summed E-state index contributed by atoms with van der Waals surface area (Å²) >= 11 is 7.50. The van der Waals surface area contributed by atoms with Gasteiger partial charge in [-0.15, -0.1) is 11.3 Å². The van der Waals surface area contributed by atoms with Crippen LogP contribution in [0.2, 0.25) is 5.02 Å². The van der Waals surface area contributed by atoms with Crippen LogP contribution in [0.4, 0.5) is 0 Å². The summed E-state index contributed by atoms with van der Waals surface area (Å²) in [5.74, 6) is -0.0545. The van der Waals surface area contributed by atoms with Crippen molar-refractivity contribution in [2.24, 2.45) is 0 Å². The second-order valence-corrected chi connectivity index (χ2v) is 8.20. The molecule has 142 valence electrons. The quantitative estimate of drug-likeness (QED) is 0.581. The lowest BCUT2D eigenvalue weighted by atomic mass is 10.0. The molecule has 0 radical (unpaired) electrons. The highest BCUT2D eigenvalue weighted by atomic mass is 35.5. The zero-order chi connectivity index (χ0) is 19.8. The number of aryl methyl sites for hydroxylation is 1. The smallest absolute Gasteiger partial charge is 0.331 e. The SMILES string of the molecule is CCOC(=O)C(C)(C)n1c(-c2ccc(Cl)cc2)nc2sc(CC)cc2c1=O. The number of nitrogens with zero attached hydrogens (tertiary/aromatic N) is 2. The summed E-state index contributed by atoms with van der Waals surface area (Å²) < 4.78 is 6.65. The summed E-state index contributed by atoms with van der Waals surface area (Å²) in [5.41, 5.74) is -0.751. The van der Waals surface area contributed by atoms with Crippen molar-refractivity contribution in [1.29, 1.82) is 0 Å². The van der Waals surface area contributed by atoms with Crippen LogP contribution in [0, 0.1) is 0 Å². The molecule has 5 nitrogen and oxygen atoms in total. The summed E-state index contributed by atoms with van der Waals surface area (Å²) in [7, 11) is 0. The van der Waals surface area contributed by atoms with E-state index in [2.05, 4.69) is 0 Å². The molecule has 0 saturated heterocycles. The standard InChI is InChI=1S/C20H21ClN2O3S/c1-5-14-11-15-17(27-14)22-16(12-7-9-13(21)10-8-12)23(18(15)24)20(3,4)19(25)26-6-2/h7-11H,5-6H2,1-4H3. The number of esters is 1. The van der Waals surface area contributed by atoms with E-state index in [1.54, 1.807) is 45.0 Å². The van der Waals surface area contributed by atoms with Crippen LogP contribution in [-0.2, 0) is 21.5 Å². The van der Waals surface area contributed by atoms with Crippen molar-refractivity contribution in [2.75, 3.05) is 6.61 Å². The molecule has 0 N–H and O–H groups in total. The molecule has 0 aliphatic rings. The molecule has 3 rings (SSSR count). The summed E-state index contributed by atoms with van der Waals surface area (Å²) in [6.07, 6.45) is 0.817. The van der Waals surface area contributed by atoms with Gasteiger partial charge in [0.05, 0.1) is 12.0 Å². The van der Waals surface area contributed by atoms with E-state index in [4.69, 9.17) is 21.3 Å². The topological polar surface area (TPSA) is 61.2 Å². The molecule has 0 aliphatic carbocycles. The van der Waals surface area contributed by atoms with Crippen molar-refractivity contribution >= 4 is 39.1 Å². The van der Waals surface area contributed by atoms with E-state index in [1.807, 2.05) is 13.0 Å². The lowest BCUT2D eigenvalue weighted by Gasteiger charge is -2.27.